The number of benzene rings is 2. The zero-order valence-electron chi connectivity index (χ0n) is 18.7. The maximum atomic E-state index is 12.9. The molecule has 0 saturated heterocycles. The number of hydrogen-bond acceptors (Lipinski definition) is 7. The third kappa shape index (κ3) is 5.47. The number of nitrogens with zero attached hydrogens (tertiary/aromatic N) is 4. The predicted molar refractivity (Wildman–Crippen MR) is 137 cm³/mol. The second kappa shape index (κ2) is 10.4. The molecule has 174 valence electrons. The molecule has 7 nitrogen and oxygen atoms in total. The highest BCUT2D eigenvalue weighted by molar-refractivity contribution is 7.17. The molecule has 0 fully saturated rings. The van der Waals surface area contributed by atoms with Gasteiger partial charge in [0, 0.05) is 6.07 Å². The number of halogens is 2. The Hall–Kier alpha value is -3.20. The summed E-state index contributed by atoms with van der Waals surface area (Å²) in [4.78, 5) is 28.5. The summed E-state index contributed by atoms with van der Waals surface area (Å²) in [7, 11) is 1.62. The Balaban J connectivity index is 1.65. The minimum Gasteiger partial charge on any atom is -0.497 e. The lowest BCUT2D eigenvalue weighted by molar-refractivity contribution is 0.103. The van der Waals surface area contributed by atoms with E-state index < -0.39 is 0 Å². The van der Waals surface area contributed by atoms with E-state index in [4.69, 9.17) is 27.9 Å². The molecule has 0 radical (unpaired) electrons. The maximum Gasteiger partial charge on any atom is 0.267 e. The Morgan fingerprint density at radius 3 is 2.56 bits per heavy atom. The van der Waals surface area contributed by atoms with E-state index in [9.17, 15) is 4.79 Å². The van der Waals surface area contributed by atoms with E-state index in [0.29, 0.717) is 44.1 Å². The van der Waals surface area contributed by atoms with Crippen LogP contribution in [0.5, 0.6) is 5.75 Å². The summed E-state index contributed by atoms with van der Waals surface area (Å²) < 4.78 is 5.25. The fourth-order valence-electron chi connectivity index (χ4n) is 3.27. The van der Waals surface area contributed by atoms with E-state index in [-0.39, 0.29) is 5.91 Å². The molecule has 4 aromatic rings. The van der Waals surface area contributed by atoms with E-state index >= 15 is 0 Å². The van der Waals surface area contributed by atoms with Gasteiger partial charge in [0.25, 0.3) is 5.91 Å². The van der Waals surface area contributed by atoms with Crippen LogP contribution in [0.15, 0.2) is 54.7 Å². The Kier molecular flexibility index (Phi) is 7.31. The molecule has 0 aliphatic carbocycles. The number of amides is 1. The van der Waals surface area contributed by atoms with Crippen LogP contribution >= 0.6 is 34.5 Å². The van der Waals surface area contributed by atoms with Gasteiger partial charge >= 0.3 is 0 Å². The highest BCUT2D eigenvalue weighted by Crippen LogP contribution is 2.33. The summed E-state index contributed by atoms with van der Waals surface area (Å²) in [5, 5.41) is 4.28. The molecule has 0 spiro atoms. The van der Waals surface area contributed by atoms with Crippen LogP contribution in [0, 0.1) is 13.8 Å². The lowest BCUT2D eigenvalue weighted by Gasteiger charge is -2.21. The van der Waals surface area contributed by atoms with Crippen LogP contribution < -0.4 is 15.0 Å². The summed E-state index contributed by atoms with van der Waals surface area (Å²) in [6.07, 6.45) is 1.54. The number of para-hydroxylation sites is 1. The van der Waals surface area contributed by atoms with Gasteiger partial charge in [-0.15, -0.1) is 0 Å². The fraction of sp³-hybridized carbons (Fsp3) is 0.167. The first-order valence-corrected chi connectivity index (χ1v) is 11.8. The third-order valence-electron chi connectivity index (χ3n) is 4.98. The summed E-state index contributed by atoms with van der Waals surface area (Å²) in [5.74, 6) is 1.59. The molecular formula is C24H21Cl2N5O2S. The molecule has 2 heterocycles. The molecule has 2 aromatic carbocycles. The first kappa shape index (κ1) is 23.9. The lowest BCUT2D eigenvalue weighted by atomic mass is 10.2. The SMILES string of the molecule is COc1ccc(CN(c2cc(Cl)nc(C)n2)c2ncc(C(=O)Nc3c(C)cccc3Cl)s2)cc1. The van der Waals surface area contributed by atoms with Crippen molar-refractivity contribution in [1.29, 1.82) is 0 Å². The van der Waals surface area contributed by atoms with Crippen molar-refractivity contribution in [3.63, 3.8) is 0 Å². The molecule has 1 N–H and O–H groups in total. The highest BCUT2D eigenvalue weighted by Gasteiger charge is 2.20. The van der Waals surface area contributed by atoms with Gasteiger partial charge in [-0.05, 0) is 43.2 Å². The minimum atomic E-state index is -0.291. The van der Waals surface area contributed by atoms with Gasteiger partial charge in [-0.1, -0.05) is 58.8 Å². The standard InChI is InChI=1S/C24H21Cl2N5O2S/c1-14-5-4-6-18(25)22(14)30-23(32)19-12-27-24(34-19)31(21-11-20(26)28-15(2)29-21)13-16-7-9-17(33-3)10-8-16/h4-12H,13H2,1-3H3,(H,30,32). The van der Waals surface area contributed by atoms with Crippen molar-refractivity contribution in [1.82, 2.24) is 15.0 Å². The van der Waals surface area contributed by atoms with Gasteiger partial charge in [-0.3, -0.25) is 9.69 Å². The van der Waals surface area contributed by atoms with Gasteiger partial charge < -0.3 is 10.1 Å². The van der Waals surface area contributed by atoms with Crippen LogP contribution in [0.4, 0.5) is 16.6 Å². The van der Waals surface area contributed by atoms with Gasteiger partial charge in [0.1, 0.15) is 27.4 Å². The van der Waals surface area contributed by atoms with Gasteiger partial charge in [0.05, 0.1) is 30.6 Å². The molecule has 0 bridgehead atoms. The van der Waals surface area contributed by atoms with Gasteiger partial charge in [-0.25, -0.2) is 15.0 Å². The van der Waals surface area contributed by atoms with Crippen LogP contribution in [-0.2, 0) is 6.54 Å². The number of rotatable bonds is 7. The van der Waals surface area contributed by atoms with Crippen molar-refractivity contribution in [3.05, 3.63) is 86.7 Å². The van der Waals surface area contributed by atoms with Crippen molar-refractivity contribution in [2.75, 3.05) is 17.3 Å². The van der Waals surface area contributed by atoms with Crippen LogP contribution in [0.2, 0.25) is 10.2 Å². The second-order valence-corrected chi connectivity index (χ2v) is 9.23. The molecule has 0 atom stereocenters. The number of anilines is 3. The molecule has 4 rings (SSSR count). The van der Waals surface area contributed by atoms with Crippen LogP contribution in [0.1, 0.15) is 26.6 Å². The zero-order chi connectivity index (χ0) is 24.2. The number of methoxy groups -OCH3 is 1. The van der Waals surface area contributed by atoms with E-state index in [1.54, 1.807) is 26.2 Å². The average Bonchev–Trinajstić information content (AvgIpc) is 3.30. The number of aromatic nitrogens is 3. The Morgan fingerprint density at radius 1 is 1.12 bits per heavy atom. The highest BCUT2D eigenvalue weighted by atomic mass is 35.5. The molecule has 34 heavy (non-hydrogen) atoms. The van der Waals surface area contributed by atoms with Gasteiger partial charge in [0.15, 0.2) is 5.13 Å². The van der Waals surface area contributed by atoms with Crippen molar-refractivity contribution in [3.8, 4) is 5.75 Å². The van der Waals surface area contributed by atoms with E-state index in [0.717, 1.165) is 16.9 Å². The quantitative estimate of drug-likeness (QED) is 0.285. The Labute approximate surface area is 211 Å². The first-order valence-electron chi connectivity index (χ1n) is 10.3. The monoisotopic (exact) mass is 513 g/mol. The topological polar surface area (TPSA) is 80.2 Å². The van der Waals surface area contributed by atoms with Crippen LogP contribution in [0.25, 0.3) is 0 Å². The van der Waals surface area contributed by atoms with Crippen molar-refractivity contribution >= 4 is 57.1 Å². The molecule has 0 aliphatic heterocycles. The van der Waals surface area contributed by atoms with E-state index in [2.05, 4.69) is 20.3 Å². The normalized spacial score (nSPS) is 10.7. The second-order valence-electron chi connectivity index (χ2n) is 7.42. The maximum absolute atomic E-state index is 12.9. The van der Waals surface area contributed by atoms with Crippen molar-refractivity contribution in [2.45, 2.75) is 20.4 Å². The van der Waals surface area contributed by atoms with Gasteiger partial charge in [0.2, 0.25) is 0 Å². The third-order valence-corrected chi connectivity index (χ3v) is 6.51. The van der Waals surface area contributed by atoms with Crippen molar-refractivity contribution < 1.29 is 9.53 Å². The molecule has 1 amide bonds. The van der Waals surface area contributed by atoms with Crippen LogP contribution in [0.3, 0.4) is 0 Å². The number of carbonyl (C=O) groups is 1. The number of thiazole rings is 1. The summed E-state index contributed by atoms with van der Waals surface area (Å²) in [6, 6.07) is 14.8. The Morgan fingerprint density at radius 2 is 1.88 bits per heavy atom. The molecule has 0 unspecified atom stereocenters. The average molecular weight is 514 g/mol. The Bertz CT molecular complexity index is 1290. The smallest absolute Gasteiger partial charge is 0.267 e. The fourth-order valence-corrected chi connectivity index (χ4v) is 4.58. The summed E-state index contributed by atoms with van der Waals surface area (Å²) in [6.45, 7) is 4.11. The molecule has 2 aromatic heterocycles. The first-order chi connectivity index (χ1) is 16.3. The molecular weight excluding hydrogens is 493 g/mol. The number of ether oxygens (including phenoxy) is 1. The van der Waals surface area contributed by atoms with E-state index in [1.165, 1.54) is 17.5 Å². The van der Waals surface area contributed by atoms with Gasteiger partial charge in [-0.2, -0.15) is 0 Å². The zero-order valence-corrected chi connectivity index (χ0v) is 21.0. The summed E-state index contributed by atoms with van der Waals surface area (Å²) in [5.41, 5.74) is 2.45. The number of hydrogen-bond donors (Lipinski definition) is 1. The number of carbonyl (C=O) groups excluding carboxylic acids is 1. The minimum absolute atomic E-state index is 0.291. The van der Waals surface area contributed by atoms with E-state index in [1.807, 2.05) is 48.2 Å². The molecule has 0 aliphatic rings. The van der Waals surface area contributed by atoms with Crippen LogP contribution in [-0.4, -0.2) is 28.0 Å². The van der Waals surface area contributed by atoms with Crippen molar-refractivity contribution in [2.24, 2.45) is 0 Å². The number of aryl methyl sites for hydroxylation is 2. The summed E-state index contributed by atoms with van der Waals surface area (Å²) >= 11 is 13.7. The predicted octanol–water partition coefficient (Wildman–Crippen LogP) is 6.46. The largest absolute Gasteiger partial charge is 0.497 e. The molecule has 0 saturated carbocycles. The lowest BCUT2D eigenvalue weighted by Crippen LogP contribution is -2.18. The number of nitrogens with one attached hydrogen (secondary N) is 1. The molecule has 10 heteroatoms.